The Morgan fingerprint density at radius 2 is 2.30 bits per heavy atom. The van der Waals surface area contributed by atoms with E-state index in [-0.39, 0.29) is 11.4 Å². The molecule has 2 rings (SSSR count). The van der Waals surface area contributed by atoms with E-state index >= 15 is 0 Å². The van der Waals surface area contributed by atoms with Gasteiger partial charge in [0, 0.05) is 24.2 Å². The number of hydrogen-bond acceptors (Lipinski definition) is 5. The molecule has 2 aromatic rings. The number of aryl methyl sites for hydroxylation is 1. The molecule has 3 N–H and O–H groups in total. The molecule has 9 heteroatoms. The van der Waals surface area contributed by atoms with Gasteiger partial charge in [-0.05, 0) is 34.5 Å². The number of rotatable bonds is 6. The maximum absolute atomic E-state index is 12.2. The second kappa shape index (κ2) is 6.35. The van der Waals surface area contributed by atoms with Crippen LogP contribution in [0, 0.1) is 6.92 Å². The fourth-order valence-electron chi connectivity index (χ4n) is 1.64. The lowest BCUT2D eigenvalue weighted by Crippen LogP contribution is -2.27. The van der Waals surface area contributed by atoms with Crippen molar-refractivity contribution in [3.8, 4) is 0 Å². The lowest BCUT2D eigenvalue weighted by Gasteiger charge is -2.05. The highest BCUT2D eigenvalue weighted by molar-refractivity contribution is 9.11. The standard InChI is InChI=1S/C11H15BrN4O2S2/c1-8-6-14-16(7-8)3-2-15-20(17,18)10-4-9(5-13)19-11(10)12/h4,6-7,15H,2-3,5,13H2,1H3. The zero-order valence-corrected chi connectivity index (χ0v) is 14.1. The van der Waals surface area contributed by atoms with Gasteiger partial charge in [-0.2, -0.15) is 5.10 Å². The minimum absolute atomic E-state index is 0.236. The Hall–Kier alpha value is -0.740. The Morgan fingerprint density at radius 1 is 1.55 bits per heavy atom. The smallest absolute Gasteiger partial charge is 0.242 e. The predicted molar refractivity (Wildman–Crippen MR) is 82.1 cm³/mol. The van der Waals surface area contributed by atoms with Crippen LogP contribution in [0.4, 0.5) is 0 Å². The van der Waals surface area contributed by atoms with Crippen molar-refractivity contribution in [2.45, 2.75) is 24.9 Å². The quantitative estimate of drug-likeness (QED) is 0.795. The van der Waals surface area contributed by atoms with Crippen LogP contribution in [-0.2, 0) is 23.1 Å². The Morgan fingerprint density at radius 3 is 2.85 bits per heavy atom. The van der Waals surface area contributed by atoms with E-state index in [9.17, 15) is 8.42 Å². The van der Waals surface area contributed by atoms with Crippen LogP contribution in [0.25, 0.3) is 0 Å². The molecule has 0 radical (unpaired) electrons. The SMILES string of the molecule is Cc1cnn(CCNS(=O)(=O)c2cc(CN)sc2Br)c1. The fraction of sp³-hybridized carbons (Fsp3) is 0.364. The summed E-state index contributed by atoms with van der Waals surface area (Å²) in [5.74, 6) is 0. The molecule has 0 aliphatic carbocycles. The molecule has 0 fully saturated rings. The fourth-order valence-corrected chi connectivity index (χ4v) is 5.22. The number of nitrogens with two attached hydrogens (primary N) is 1. The monoisotopic (exact) mass is 378 g/mol. The molecule has 0 saturated heterocycles. The van der Waals surface area contributed by atoms with Crippen LogP contribution >= 0.6 is 27.3 Å². The van der Waals surface area contributed by atoms with Crippen LogP contribution in [0.3, 0.4) is 0 Å². The molecule has 0 aliphatic rings. The van der Waals surface area contributed by atoms with Crippen LogP contribution in [0.1, 0.15) is 10.4 Å². The molecular weight excluding hydrogens is 364 g/mol. The largest absolute Gasteiger partial charge is 0.326 e. The number of thiophene rings is 1. The minimum Gasteiger partial charge on any atom is -0.326 e. The third-order valence-electron chi connectivity index (χ3n) is 2.59. The zero-order chi connectivity index (χ0) is 14.8. The van der Waals surface area contributed by atoms with E-state index in [0.29, 0.717) is 16.9 Å². The Bertz CT molecular complexity index is 693. The number of aromatic nitrogens is 2. The van der Waals surface area contributed by atoms with Crippen molar-refractivity contribution in [2.75, 3.05) is 6.54 Å². The van der Waals surface area contributed by atoms with Gasteiger partial charge in [0.15, 0.2) is 0 Å². The first-order chi connectivity index (χ1) is 9.42. The van der Waals surface area contributed by atoms with Crippen LogP contribution in [-0.4, -0.2) is 24.7 Å². The molecule has 20 heavy (non-hydrogen) atoms. The van der Waals surface area contributed by atoms with E-state index in [2.05, 4.69) is 25.8 Å². The van der Waals surface area contributed by atoms with Gasteiger partial charge in [0.05, 0.1) is 16.5 Å². The van der Waals surface area contributed by atoms with E-state index in [1.807, 2.05) is 13.1 Å². The predicted octanol–water partition coefficient (Wildman–Crippen LogP) is 1.45. The minimum atomic E-state index is -3.53. The molecule has 0 saturated carbocycles. The lowest BCUT2D eigenvalue weighted by atomic mass is 10.4. The summed E-state index contributed by atoms with van der Waals surface area (Å²) in [6.45, 7) is 3.03. The number of sulfonamides is 1. The highest BCUT2D eigenvalue weighted by Gasteiger charge is 2.20. The Kier molecular flexibility index (Phi) is 4.97. The van der Waals surface area contributed by atoms with E-state index < -0.39 is 10.0 Å². The molecule has 0 unspecified atom stereocenters. The van der Waals surface area contributed by atoms with Crippen LogP contribution < -0.4 is 10.5 Å². The third kappa shape index (κ3) is 3.67. The highest BCUT2D eigenvalue weighted by Crippen LogP contribution is 2.31. The summed E-state index contributed by atoms with van der Waals surface area (Å²) >= 11 is 4.59. The third-order valence-corrected chi connectivity index (χ3v) is 6.33. The van der Waals surface area contributed by atoms with Gasteiger partial charge < -0.3 is 5.73 Å². The maximum atomic E-state index is 12.2. The summed E-state index contributed by atoms with van der Waals surface area (Å²) in [4.78, 5) is 1.06. The number of nitrogens with one attached hydrogen (secondary N) is 1. The summed E-state index contributed by atoms with van der Waals surface area (Å²) in [5, 5.41) is 4.10. The first-order valence-electron chi connectivity index (χ1n) is 5.89. The lowest BCUT2D eigenvalue weighted by molar-refractivity contribution is 0.560. The first kappa shape index (κ1) is 15.6. The van der Waals surface area contributed by atoms with E-state index in [0.717, 1.165) is 10.4 Å². The average Bonchev–Trinajstić information content (AvgIpc) is 2.95. The van der Waals surface area contributed by atoms with E-state index in [1.165, 1.54) is 11.3 Å². The number of halogens is 1. The molecule has 0 atom stereocenters. The van der Waals surface area contributed by atoms with Crippen molar-refractivity contribution in [3.05, 3.63) is 32.7 Å². The molecule has 0 bridgehead atoms. The molecule has 2 aromatic heterocycles. The van der Waals surface area contributed by atoms with Crippen LogP contribution in [0.15, 0.2) is 27.1 Å². The van der Waals surface area contributed by atoms with E-state index in [4.69, 9.17) is 5.73 Å². The Labute approximate surface area is 130 Å². The molecular formula is C11H15BrN4O2S2. The summed E-state index contributed by atoms with van der Waals surface area (Å²) in [5.41, 5.74) is 6.56. The molecule has 0 aliphatic heterocycles. The van der Waals surface area contributed by atoms with Gasteiger partial charge >= 0.3 is 0 Å². The zero-order valence-electron chi connectivity index (χ0n) is 10.8. The Balaban J connectivity index is 2.01. The molecule has 0 aromatic carbocycles. The second-order valence-electron chi connectivity index (χ2n) is 4.23. The molecule has 110 valence electrons. The summed E-state index contributed by atoms with van der Waals surface area (Å²) in [6.07, 6.45) is 3.60. The summed E-state index contributed by atoms with van der Waals surface area (Å²) < 4.78 is 29.2. The van der Waals surface area contributed by atoms with Crippen molar-refractivity contribution in [1.82, 2.24) is 14.5 Å². The summed E-state index contributed by atoms with van der Waals surface area (Å²) in [6, 6.07) is 1.59. The topological polar surface area (TPSA) is 90.0 Å². The molecule has 2 heterocycles. The van der Waals surface area contributed by atoms with Crippen molar-refractivity contribution in [3.63, 3.8) is 0 Å². The first-order valence-corrected chi connectivity index (χ1v) is 8.98. The van der Waals surface area contributed by atoms with Gasteiger partial charge in [-0.1, -0.05) is 0 Å². The summed E-state index contributed by atoms with van der Waals surface area (Å²) in [7, 11) is -3.53. The maximum Gasteiger partial charge on any atom is 0.242 e. The van der Waals surface area contributed by atoms with Gasteiger partial charge in [0.25, 0.3) is 0 Å². The van der Waals surface area contributed by atoms with Crippen molar-refractivity contribution in [1.29, 1.82) is 0 Å². The molecule has 0 spiro atoms. The van der Waals surface area contributed by atoms with Crippen molar-refractivity contribution >= 4 is 37.3 Å². The highest BCUT2D eigenvalue weighted by atomic mass is 79.9. The van der Waals surface area contributed by atoms with Crippen LogP contribution in [0.5, 0.6) is 0 Å². The second-order valence-corrected chi connectivity index (χ2v) is 8.42. The molecule has 0 amide bonds. The number of nitrogens with zero attached hydrogens (tertiary/aromatic N) is 2. The van der Waals surface area contributed by atoms with Gasteiger partial charge in [0.2, 0.25) is 10.0 Å². The van der Waals surface area contributed by atoms with Gasteiger partial charge in [-0.3, -0.25) is 4.68 Å². The molecule has 6 nitrogen and oxygen atoms in total. The average molecular weight is 379 g/mol. The van der Waals surface area contributed by atoms with Gasteiger partial charge in [-0.15, -0.1) is 11.3 Å². The normalized spacial score (nSPS) is 11.9. The van der Waals surface area contributed by atoms with Gasteiger partial charge in [0.1, 0.15) is 4.90 Å². The van der Waals surface area contributed by atoms with Gasteiger partial charge in [-0.25, -0.2) is 13.1 Å². The van der Waals surface area contributed by atoms with E-state index in [1.54, 1.807) is 16.9 Å². The van der Waals surface area contributed by atoms with Crippen molar-refractivity contribution < 1.29 is 8.42 Å². The number of hydrogen-bond donors (Lipinski definition) is 2. The van der Waals surface area contributed by atoms with Crippen LogP contribution in [0.2, 0.25) is 0 Å². The van der Waals surface area contributed by atoms with Crippen molar-refractivity contribution in [2.24, 2.45) is 5.73 Å².